The highest BCUT2D eigenvalue weighted by atomic mass is 35.5. The summed E-state index contributed by atoms with van der Waals surface area (Å²) >= 11 is 6.15. The van der Waals surface area contributed by atoms with Crippen LogP contribution in [0.5, 0.6) is 5.75 Å². The number of benzene rings is 2. The minimum atomic E-state index is -0.683. The van der Waals surface area contributed by atoms with Crippen LogP contribution in [0.25, 0.3) is 22.5 Å². The summed E-state index contributed by atoms with van der Waals surface area (Å²) in [7, 11) is 0. The zero-order chi connectivity index (χ0) is 23.6. The lowest BCUT2D eigenvalue weighted by molar-refractivity contribution is -0.134. The summed E-state index contributed by atoms with van der Waals surface area (Å²) in [6, 6.07) is 17.0. The maximum absolute atomic E-state index is 12.1. The summed E-state index contributed by atoms with van der Waals surface area (Å²) in [5.74, 6) is 0.441. The van der Waals surface area contributed by atoms with E-state index in [0.29, 0.717) is 11.6 Å². The molecular weight excluding hydrogens is 432 g/mol. The lowest BCUT2D eigenvalue weighted by atomic mass is 10.00. The number of aryl methyl sites for hydroxylation is 1. The maximum Gasteiger partial charge on any atom is 0.329 e. The SMILES string of the molecule is CCCCCCc1ccc(-c2ccc(-c3ncc(OC(=O)[C@@H](Cl)[C@@H](C)CC)cn3)cc2)cc1. The molecule has 3 aromatic rings. The van der Waals surface area contributed by atoms with Crippen molar-refractivity contribution in [1.29, 1.82) is 0 Å². The fraction of sp³-hybridized carbons (Fsp3) is 0.393. The first kappa shape index (κ1) is 24.9. The Bertz CT molecular complexity index is 1000. The minimum Gasteiger partial charge on any atom is -0.422 e. The first-order chi connectivity index (χ1) is 16.0. The van der Waals surface area contributed by atoms with Crippen LogP contribution >= 0.6 is 11.6 Å². The van der Waals surface area contributed by atoms with Crippen molar-refractivity contribution in [2.75, 3.05) is 0 Å². The zero-order valence-corrected chi connectivity index (χ0v) is 20.5. The Hall–Kier alpha value is -2.72. The third-order valence-electron chi connectivity index (χ3n) is 5.96. The molecule has 5 heteroatoms. The monoisotopic (exact) mass is 464 g/mol. The number of ether oxygens (including phenoxy) is 1. The van der Waals surface area contributed by atoms with Gasteiger partial charge >= 0.3 is 5.97 Å². The number of hydrogen-bond acceptors (Lipinski definition) is 4. The van der Waals surface area contributed by atoms with Gasteiger partial charge < -0.3 is 4.74 Å². The molecule has 4 nitrogen and oxygen atoms in total. The molecule has 2 atom stereocenters. The van der Waals surface area contributed by atoms with Crippen molar-refractivity contribution >= 4 is 17.6 Å². The van der Waals surface area contributed by atoms with Crippen LogP contribution in [0.3, 0.4) is 0 Å². The van der Waals surface area contributed by atoms with Crippen LogP contribution in [0.4, 0.5) is 0 Å². The Labute approximate surface area is 202 Å². The molecule has 0 bridgehead atoms. The van der Waals surface area contributed by atoms with Crippen molar-refractivity contribution in [3.63, 3.8) is 0 Å². The van der Waals surface area contributed by atoms with Gasteiger partial charge in [-0.3, -0.25) is 4.79 Å². The van der Waals surface area contributed by atoms with Crippen LogP contribution in [0.15, 0.2) is 60.9 Å². The quantitative estimate of drug-likeness (QED) is 0.167. The highest BCUT2D eigenvalue weighted by molar-refractivity contribution is 6.30. The number of nitrogens with zero attached hydrogens (tertiary/aromatic N) is 2. The normalized spacial score (nSPS) is 12.8. The summed E-state index contributed by atoms with van der Waals surface area (Å²) in [5.41, 5.74) is 4.64. The fourth-order valence-electron chi connectivity index (χ4n) is 3.56. The average Bonchev–Trinajstić information content (AvgIpc) is 2.86. The lowest BCUT2D eigenvalue weighted by Crippen LogP contribution is -2.26. The largest absolute Gasteiger partial charge is 0.422 e. The number of aromatic nitrogens is 2. The van der Waals surface area contributed by atoms with Crippen molar-refractivity contribution in [3.8, 4) is 28.3 Å². The topological polar surface area (TPSA) is 52.1 Å². The van der Waals surface area contributed by atoms with E-state index in [0.717, 1.165) is 24.0 Å². The number of carbonyl (C=O) groups excluding carboxylic acids is 1. The number of carbonyl (C=O) groups is 1. The van der Waals surface area contributed by atoms with Gasteiger partial charge in [-0.2, -0.15) is 0 Å². The summed E-state index contributed by atoms with van der Waals surface area (Å²) in [6.45, 7) is 6.15. The highest BCUT2D eigenvalue weighted by Gasteiger charge is 2.23. The Kier molecular flexibility index (Phi) is 9.44. The van der Waals surface area contributed by atoms with Crippen LogP contribution in [-0.2, 0) is 11.2 Å². The van der Waals surface area contributed by atoms with Crippen molar-refractivity contribution in [2.45, 2.75) is 64.7 Å². The molecule has 174 valence electrons. The van der Waals surface area contributed by atoms with Gasteiger partial charge in [0, 0.05) is 5.56 Å². The molecule has 3 rings (SSSR count). The van der Waals surface area contributed by atoms with Crippen LogP contribution in [0, 0.1) is 5.92 Å². The molecule has 0 aliphatic heterocycles. The molecule has 1 aromatic heterocycles. The second-order valence-corrected chi connectivity index (χ2v) is 9.01. The Morgan fingerprint density at radius 2 is 1.45 bits per heavy atom. The number of rotatable bonds is 11. The summed E-state index contributed by atoms with van der Waals surface area (Å²) < 4.78 is 5.32. The molecule has 0 saturated heterocycles. The van der Waals surface area contributed by atoms with Gasteiger partial charge in [0.05, 0.1) is 12.4 Å². The maximum atomic E-state index is 12.1. The van der Waals surface area contributed by atoms with Gasteiger partial charge in [0.1, 0.15) is 5.38 Å². The van der Waals surface area contributed by atoms with E-state index in [1.165, 1.54) is 49.2 Å². The molecule has 2 aromatic carbocycles. The van der Waals surface area contributed by atoms with E-state index in [4.69, 9.17) is 16.3 Å². The van der Waals surface area contributed by atoms with E-state index < -0.39 is 11.3 Å². The molecule has 0 unspecified atom stereocenters. The van der Waals surface area contributed by atoms with E-state index in [9.17, 15) is 4.79 Å². The predicted octanol–water partition coefficient (Wildman–Crippen LogP) is 7.49. The highest BCUT2D eigenvalue weighted by Crippen LogP contribution is 2.25. The number of alkyl halides is 1. The number of halogens is 1. The second kappa shape index (κ2) is 12.5. The van der Waals surface area contributed by atoms with E-state index in [1.54, 1.807) is 0 Å². The third-order valence-corrected chi connectivity index (χ3v) is 6.57. The molecule has 0 fully saturated rings. The van der Waals surface area contributed by atoms with Crippen LogP contribution < -0.4 is 4.74 Å². The van der Waals surface area contributed by atoms with E-state index in [2.05, 4.69) is 53.3 Å². The lowest BCUT2D eigenvalue weighted by Gasteiger charge is -2.14. The van der Waals surface area contributed by atoms with Gasteiger partial charge in [-0.05, 0) is 35.4 Å². The minimum absolute atomic E-state index is 0.0415. The predicted molar refractivity (Wildman–Crippen MR) is 135 cm³/mol. The molecular formula is C28H33ClN2O2. The zero-order valence-electron chi connectivity index (χ0n) is 19.8. The van der Waals surface area contributed by atoms with Gasteiger partial charge in [0.15, 0.2) is 11.6 Å². The van der Waals surface area contributed by atoms with Crippen LogP contribution in [-0.4, -0.2) is 21.3 Å². The van der Waals surface area contributed by atoms with Crippen LogP contribution in [0.2, 0.25) is 0 Å². The van der Waals surface area contributed by atoms with Gasteiger partial charge in [-0.25, -0.2) is 9.97 Å². The number of hydrogen-bond donors (Lipinski definition) is 0. The Morgan fingerprint density at radius 3 is 2.03 bits per heavy atom. The third kappa shape index (κ3) is 7.13. The Morgan fingerprint density at radius 1 is 0.879 bits per heavy atom. The molecule has 1 heterocycles. The smallest absolute Gasteiger partial charge is 0.329 e. The first-order valence-electron chi connectivity index (χ1n) is 11.9. The van der Waals surface area contributed by atoms with Gasteiger partial charge in [0.25, 0.3) is 0 Å². The number of esters is 1. The van der Waals surface area contributed by atoms with Crippen molar-refractivity contribution in [1.82, 2.24) is 9.97 Å². The number of unbranched alkanes of at least 4 members (excludes halogenated alkanes) is 3. The Balaban J connectivity index is 1.60. The molecule has 0 aliphatic carbocycles. The van der Waals surface area contributed by atoms with Gasteiger partial charge in [-0.1, -0.05) is 95.0 Å². The molecule has 0 radical (unpaired) electrons. The summed E-state index contributed by atoms with van der Waals surface area (Å²) in [5, 5.41) is -0.683. The molecule has 0 saturated carbocycles. The fourth-order valence-corrected chi connectivity index (χ4v) is 3.78. The standard InChI is InChI=1S/C28H33ClN2O2/c1-4-6-7-8-9-21-10-12-22(13-11-21)23-14-16-24(17-15-23)27-30-18-25(19-31-27)33-28(32)26(29)20(3)5-2/h10-20,26H,4-9H2,1-3H3/t20-,26-/m0/s1. The summed E-state index contributed by atoms with van der Waals surface area (Å²) in [6.07, 6.45) is 10.1. The van der Waals surface area contributed by atoms with Crippen molar-refractivity contribution in [2.24, 2.45) is 5.92 Å². The van der Waals surface area contributed by atoms with Crippen LogP contribution in [0.1, 0.15) is 58.4 Å². The van der Waals surface area contributed by atoms with E-state index >= 15 is 0 Å². The van der Waals surface area contributed by atoms with Gasteiger partial charge in [0.2, 0.25) is 0 Å². The van der Waals surface area contributed by atoms with Crippen molar-refractivity contribution < 1.29 is 9.53 Å². The van der Waals surface area contributed by atoms with Crippen molar-refractivity contribution in [3.05, 3.63) is 66.5 Å². The molecule has 0 amide bonds. The average molecular weight is 465 g/mol. The van der Waals surface area contributed by atoms with E-state index in [1.807, 2.05) is 26.0 Å². The molecule has 0 spiro atoms. The molecule has 33 heavy (non-hydrogen) atoms. The van der Waals surface area contributed by atoms with Gasteiger partial charge in [-0.15, -0.1) is 11.6 Å². The summed E-state index contributed by atoms with van der Waals surface area (Å²) in [4.78, 5) is 20.8. The van der Waals surface area contributed by atoms with E-state index in [-0.39, 0.29) is 5.92 Å². The molecule has 0 N–H and O–H groups in total. The first-order valence-corrected chi connectivity index (χ1v) is 12.3. The second-order valence-electron chi connectivity index (χ2n) is 8.54. The molecule has 0 aliphatic rings.